The molecule has 16 heteroatoms. The quantitative estimate of drug-likeness (QED) is 0.137. The third-order valence-electron chi connectivity index (χ3n) is 7.65. The predicted molar refractivity (Wildman–Crippen MR) is 180 cm³/mol. The van der Waals surface area contributed by atoms with Crippen molar-refractivity contribution in [2.45, 2.75) is 9.79 Å². The summed E-state index contributed by atoms with van der Waals surface area (Å²) in [5.41, 5.74) is 5.09. The molecule has 5 aromatic rings. The van der Waals surface area contributed by atoms with E-state index in [1.54, 1.807) is 24.3 Å². The van der Waals surface area contributed by atoms with Crippen LogP contribution < -0.4 is 0 Å². The molecule has 2 aliphatic rings. The molecule has 0 saturated heterocycles. The zero-order valence-corrected chi connectivity index (χ0v) is 26.7. The fraction of sp³-hybridized carbons (Fsp3) is 0. The molecule has 7 rings (SSSR count). The zero-order chi connectivity index (χ0) is 34.0. The summed E-state index contributed by atoms with van der Waals surface area (Å²) in [6.07, 6.45) is 4.50. The van der Waals surface area contributed by atoms with Crippen LogP contribution >= 0.6 is 0 Å². The van der Waals surface area contributed by atoms with Crippen LogP contribution in [0.2, 0.25) is 0 Å². The molecule has 3 aromatic heterocycles. The summed E-state index contributed by atoms with van der Waals surface area (Å²) in [4.78, 5) is 14.7. The smallest absolute Gasteiger partial charge is 0.296 e. The summed E-state index contributed by atoms with van der Waals surface area (Å²) in [5.74, 6) is 0. The Morgan fingerprint density at radius 1 is 0.521 bits per heavy atom. The van der Waals surface area contributed by atoms with Crippen LogP contribution in [-0.4, -0.2) is 58.8 Å². The van der Waals surface area contributed by atoms with Gasteiger partial charge in [0.15, 0.2) is 0 Å². The van der Waals surface area contributed by atoms with Crippen LogP contribution in [0.3, 0.4) is 0 Å². The van der Waals surface area contributed by atoms with E-state index in [4.69, 9.17) is 0 Å². The molecule has 0 unspecified atom stereocenters. The van der Waals surface area contributed by atoms with E-state index in [0.29, 0.717) is 55.7 Å². The van der Waals surface area contributed by atoms with Crippen molar-refractivity contribution in [2.75, 3.05) is 0 Å². The molecule has 2 aromatic carbocycles. The number of hydrogen-bond donors (Lipinski definition) is 5. The van der Waals surface area contributed by atoms with E-state index >= 15 is 0 Å². The first-order valence-corrected chi connectivity index (χ1v) is 18.2. The molecule has 5 N–H and O–H groups in total. The Balaban J connectivity index is 1.56. The van der Waals surface area contributed by atoms with Gasteiger partial charge in [-0.3, -0.25) is 13.7 Å². The molecule has 0 atom stereocenters. The highest BCUT2D eigenvalue weighted by molar-refractivity contribution is 7.95. The Labute approximate surface area is 273 Å². The van der Waals surface area contributed by atoms with Gasteiger partial charge in [0.1, 0.15) is 4.91 Å². The SMILES string of the molecule is O=S(=O)(O)C1=Cc2nc1cc1nc(c(-c3ccc(S(=O)(=O)O)cc3)c3ccc(cc4ccc([nH]4)c2-c2ccc(S(=O)(=O)O)cc2)[nH]3)C=C1. The first kappa shape index (κ1) is 31.4. The van der Waals surface area contributed by atoms with Crippen molar-refractivity contribution in [3.05, 3.63) is 108 Å². The molecular weight excluding hydrogens is 681 g/mol. The lowest BCUT2D eigenvalue weighted by Gasteiger charge is -2.05. The van der Waals surface area contributed by atoms with Crippen molar-refractivity contribution in [1.29, 1.82) is 0 Å². The topological polar surface area (TPSA) is 220 Å². The standard InChI is InChI=1S/C32H22N4O9S3/c37-46(38,39)23-8-1-18(2-9-23)31-25-12-5-20(33-25)15-21-6-13-27(34-21)32(19-3-10-24(11-4-19)47(40,41)42)29-17-30(48(43,44)45)28(36-29)16-22-7-14-26(31)35-22/h1-17,33-34H,(H,37,38,39)(H,40,41,42)(H,43,44,45). The Morgan fingerprint density at radius 2 is 1.02 bits per heavy atom. The number of H-pyrrole nitrogens is 2. The second-order valence-corrected chi connectivity index (χ2v) is 15.0. The lowest BCUT2D eigenvalue weighted by molar-refractivity contribution is 0.481. The molecule has 242 valence electrons. The third-order valence-corrected chi connectivity index (χ3v) is 10.3. The van der Waals surface area contributed by atoms with Gasteiger partial charge in [0.05, 0.1) is 32.6 Å². The highest BCUT2D eigenvalue weighted by atomic mass is 32.2. The maximum atomic E-state index is 12.6. The maximum Gasteiger partial charge on any atom is 0.296 e. The minimum Gasteiger partial charge on any atom is -0.355 e. The van der Waals surface area contributed by atoms with Crippen LogP contribution in [0.15, 0.2) is 94.7 Å². The summed E-state index contributed by atoms with van der Waals surface area (Å²) in [7, 11) is -13.7. The maximum absolute atomic E-state index is 12.6. The average molecular weight is 703 g/mol. The Kier molecular flexibility index (Phi) is 7.31. The van der Waals surface area contributed by atoms with E-state index in [2.05, 4.69) is 19.9 Å². The average Bonchev–Trinajstić information content (AvgIpc) is 3.82. The summed E-state index contributed by atoms with van der Waals surface area (Å²) < 4.78 is 101. The fourth-order valence-corrected chi connectivity index (χ4v) is 7.10. The van der Waals surface area contributed by atoms with Crippen LogP contribution in [0, 0.1) is 0 Å². The van der Waals surface area contributed by atoms with Gasteiger partial charge in [-0.15, -0.1) is 0 Å². The van der Waals surface area contributed by atoms with Crippen molar-refractivity contribution in [3.8, 4) is 22.3 Å². The zero-order valence-electron chi connectivity index (χ0n) is 24.2. The minimum absolute atomic E-state index is 0.115. The normalized spacial score (nSPS) is 13.4. The molecule has 8 bridgehead atoms. The molecule has 0 amide bonds. The highest BCUT2D eigenvalue weighted by Crippen LogP contribution is 2.36. The van der Waals surface area contributed by atoms with Crippen molar-refractivity contribution >= 4 is 75.6 Å². The number of hydrogen-bond acceptors (Lipinski definition) is 8. The van der Waals surface area contributed by atoms with E-state index < -0.39 is 35.3 Å². The van der Waals surface area contributed by atoms with Crippen molar-refractivity contribution in [1.82, 2.24) is 19.9 Å². The predicted octanol–water partition coefficient (Wildman–Crippen LogP) is 5.70. The molecule has 5 heterocycles. The van der Waals surface area contributed by atoms with Gasteiger partial charge in [0.2, 0.25) is 0 Å². The summed E-state index contributed by atoms with van der Waals surface area (Å²) in [6, 6.07) is 21.2. The molecule has 2 aliphatic heterocycles. The first-order valence-electron chi connectivity index (χ1n) is 13.9. The summed E-state index contributed by atoms with van der Waals surface area (Å²) in [6.45, 7) is 0. The molecule has 0 aliphatic carbocycles. The Bertz CT molecular complexity index is 2730. The first-order chi connectivity index (χ1) is 22.6. The van der Waals surface area contributed by atoms with E-state index in [1.807, 2.05) is 18.2 Å². The van der Waals surface area contributed by atoms with E-state index in [9.17, 15) is 38.9 Å². The van der Waals surface area contributed by atoms with Crippen molar-refractivity contribution < 1.29 is 38.9 Å². The molecular formula is C32H22N4O9S3. The van der Waals surface area contributed by atoms with E-state index in [-0.39, 0.29) is 21.2 Å². The summed E-state index contributed by atoms with van der Waals surface area (Å²) in [5, 5.41) is 0. The molecule has 0 saturated carbocycles. The number of aromatic nitrogens is 4. The second kappa shape index (κ2) is 11.2. The molecule has 0 radical (unpaired) electrons. The number of fused-ring (bicyclic) bond motifs is 8. The Hall–Kier alpha value is -5.23. The third kappa shape index (κ3) is 5.99. The highest BCUT2D eigenvalue weighted by Gasteiger charge is 2.25. The van der Waals surface area contributed by atoms with Gasteiger partial charge in [0, 0.05) is 33.2 Å². The van der Waals surface area contributed by atoms with Gasteiger partial charge >= 0.3 is 0 Å². The number of benzene rings is 2. The number of aromatic amines is 2. The molecule has 0 fully saturated rings. The lowest BCUT2D eigenvalue weighted by Crippen LogP contribution is -1.99. The van der Waals surface area contributed by atoms with Crippen LogP contribution in [0.1, 0.15) is 22.8 Å². The van der Waals surface area contributed by atoms with E-state index in [1.165, 1.54) is 60.7 Å². The van der Waals surface area contributed by atoms with Crippen molar-refractivity contribution in [3.63, 3.8) is 0 Å². The molecule has 0 spiro atoms. The Morgan fingerprint density at radius 3 is 1.50 bits per heavy atom. The fourth-order valence-electron chi connectivity index (χ4n) is 5.51. The number of nitrogens with zero attached hydrogens (tertiary/aromatic N) is 2. The largest absolute Gasteiger partial charge is 0.355 e. The van der Waals surface area contributed by atoms with Crippen LogP contribution in [-0.2, 0) is 30.4 Å². The van der Waals surface area contributed by atoms with Crippen LogP contribution in [0.4, 0.5) is 0 Å². The summed E-state index contributed by atoms with van der Waals surface area (Å²) >= 11 is 0. The van der Waals surface area contributed by atoms with Gasteiger partial charge in [-0.25, -0.2) is 9.97 Å². The minimum atomic E-state index is -4.79. The molecule has 48 heavy (non-hydrogen) atoms. The number of nitrogens with one attached hydrogen (secondary N) is 2. The van der Waals surface area contributed by atoms with Gasteiger partial charge in [-0.1, -0.05) is 24.3 Å². The monoisotopic (exact) mass is 702 g/mol. The van der Waals surface area contributed by atoms with Crippen LogP contribution in [0.5, 0.6) is 0 Å². The van der Waals surface area contributed by atoms with Crippen molar-refractivity contribution in [2.24, 2.45) is 0 Å². The van der Waals surface area contributed by atoms with E-state index in [0.717, 1.165) is 0 Å². The van der Waals surface area contributed by atoms with Crippen LogP contribution in [0.25, 0.3) is 67.5 Å². The van der Waals surface area contributed by atoms with Gasteiger partial charge < -0.3 is 9.97 Å². The van der Waals surface area contributed by atoms with Gasteiger partial charge in [-0.2, -0.15) is 25.3 Å². The van der Waals surface area contributed by atoms with Gasteiger partial charge in [0.25, 0.3) is 30.4 Å². The molecule has 13 nitrogen and oxygen atoms in total. The number of rotatable bonds is 5. The second-order valence-electron chi connectivity index (χ2n) is 10.8. The van der Waals surface area contributed by atoms with Gasteiger partial charge in [-0.05, 0) is 90.0 Å². The lowest BCUT2D eigenvalue weighted by atomic mass is 10.0.